The van der Waals surface area contributed by atoms with Gasteiger partial charge in [0.25, 0.3) is 0 Å². The molecule has 2 nitrogen and oxygen atoms in total. The zero-order valence-electron chi connectivity index (χ0n) is 8.98. The monoisotopic (exact) mass is 225 g/mol. The Morgan fingerprint density at radius 2 is 1.73 bits per heavy atom. The molecule has 1 rings (SSSR count). The predicted octanol–water partition coefficient (Wildman–Crippen LogP) is 3.52. The predicted molar refractivity (Wildman–Crippen MR) is 68.3 cm³/mol. The molecule has 1 N–H and O–H groups in total. The number of rotatable bonds is 8. The highest BCUT2D eigenvalue weighted by atomic mass is 32.1. The van der Waals surface area contributed by atoms with Gasteiger partial charge in [0.15, 0.2) is 0 Å². The van der Waals surface area contributed by atoms with Gasteiger partial charge in [0.05, 0.1) is 12.3 Å². The summed E-state index contributed by atoms with van der Waals surface area (Å²) in [4.78, 5) is 5.33. The topological polar surface area (TPSA) is 21.3 Å². The average Bonchev–Trinajstić information content (AvgIpc) is 2.29. The Hall–Kier alpha value is -0.670. The fraction of sp³-hybridized carbons (Fsp3) is 0.500. The molecule has 0 heterocycles. The maximum absolute atomic E-state index is 5.33. The molecular weight excluding hydrogens is 206 g/mol. The van der Waals surface area contributed by atoms with E-state index in [1.807, 2.05) is 30.3 Å². The molecule has 84 valence electrons. The van der Waals surface area contributed by atoms with Crippen LogP contribution in [0.5, 0.6) is 0 Å². The summed E-state index contributed by atoms with van der Waals surface area (Å²) in [6.45, 7) is 0.765. The number of thiol groups is 1. The van der Waals surface area contributed by atoms with E-state index < -0.39 is 0 Å². The van der Waals surface area contributed by atoms with Crippen molar-refractivity contribution in [3.63, 3.8) is 0 Å². The minimum atomic E-state index is 0.765. The van der Waals surface area contributed by atoms with Gasteiger partial charge in [-0.25, -0.2) is 0 Å². The van der Waals surface area contributed by atoms with Crippen molar-refractivity contribution in [2.75, 3.05) is 17.8 Å². The van der Waals surface area contributed by atoms with Gasteiger partial charge in [0.1, 0.15) is 0 Å². The van der Waals surface area contributed by atoms with Gasteiger partial charge in [0.2, 0.25) is 0 Å². The molecule has 0 spiro atoms. The van der Waals surface area contributed by atoms with Gasteiger partial charge < -0.3 is 0 Å². The summed E-state index contributed by atoms with van der Waals surface area (Å²) in [5.74, 6) is 0.989. The Morgan fingerprint density at radius 3 is 2.47 bits per heavy atom. The molecule has 1 aromatic rings. The van der Waals surface area contributed by atoms with Gasteiger partial charge in [-0.3, -0.25) is 10.3 Å². The number of benzene rings is 1. The molecule has 0 bridgehead atoms. The average molecular weight is 225 g/mol. The Bertz CT molecular complexity index is 241. The molecule has 15 heavy (non-hydrogen) atoms. The molecule has 0 fully saturated rings. The van der Waals surface area contributed by atoms with Crippen molar-refractivity contribution < 1.29 is 4.84 Å². The lowest BCUT2D eigenvalue weighted by Crippen LogP contribution is -2.02. The van der Waals surface area contributed by atoms with Gasteiger partial charge in [-0.1, -0.05) is 31.0 Å². The Balaban J connectivity index is 1.93. The lowest BCUT2D eigenvalue weighted by atomic mass is 10.2. The molecule has 1 aromatic carbocycles. The van der Waals surface area contributed by atoms with Crippen molar-refractivity contribution in [1.29, 1.82) is 0 Å². The molecule has 0 aromatic heterocycles. The molecule has 0 saturated heterocycles. The normalized spacial score (nSPS) is 10.2. The van der Waals surface area contributed by atoms with Crippen molar-refractivity contribution in [2.24, 2.45) is 0 Å². The van der Waals surface area contributed by atoms with Gasteiger partial charge in [-0.15, -0.1) is 0 Å². The van der Waals surface area contributed by atoms with Crippen molar-refractivity contribution >= 4 is 18.3 Å². The molecule has 0 radical (unpaired) electrons. The zero-order valence-corrected chi connectivity index (χ0v) is 9.88. The maximum atomic E-state index is 5.33. The minimum Gasteiger partial charge on any atom is -0.276 e. The second-order valence-corrected chi connectivity index (χ2v) is 3.90. The van der Waals surface area contributed by atoms with E-state index in [1.54, 1.807) is 0 Å². The van der Waals surface area contributed by atoms with Gasteiger partial charge >= 0.3 is 0 Å². The summed E-state index contributed by atoms with van der Waals surface area (Å²) in [5, 5.41) is 0. The summed E-state index contributed by atoms with van der Waals surface area (Å²) >= 11 is 4.17. The van der Waals surface area contributed by atoms with Crippen LogP contribution < -0.4 is 5.48 Å². The first-order valence-electron chi connectivity index (χ1n) is 5.47. The smallest absolute Gasteiger partial charge is 0.0746 e. The third-order valence-electron chi connectivity index (χ3n) is 2.12. The van der Waals surface area contributed by atoms with E-state index >= 15 is 0 Å². The van der Waals surface area contributed by atoms with Crippen molar-refractivity contribution in [2.45, 2.75) is 25.7 Å². The molecule has 0 atom stereocenters. The Morgan fingerprint density at radius 1 is 1.00 bits per heavy atom. The second-order valence-electron chi connectivity index (χ2n) is 3.45. The summed E-state index contributed by atoms with van der Waals surface area (Å²) in [7, 11) is 0. The molecule has 0 unspecified atom stereocenters. The number of nitrogens with one attached hydrogen (secondary N) is 1. The summed E-state index contributed by atoms with van der Waals surface area (Å²) in [6, 6.07) is 9.93. The van der Waals surface area contributed by atoms with E-state index in [9.17, 15) is 0 Å². The third-order valence-corrected chi connectivity index (χ3v) is 2.43. The minimum absolute atomic E-state index is 0.765. The molecule has 0 aliphatic rings. The largest absolute Gasteiger partial charge is 0.276 e. The molecule has 0 amide bonds. The zero-order chi connectivity index (χ0) is 10.8. The van der Waals surface area contributed by atoms with Gasteiger partial charge in [0, 0.05) is 0 Å². The highest BCUT2D eigenvalue weighted by Crippen LogP contribution is 2.05. The van der Waals surface area contributed by atoms with Crippen LogP contribution in [0, 0.1) is 0 Å². The van der Waals surface area contributed by atoms with Crippen LogP contribution in [0.15, 0.2) is 30.3 Å². The van der Waals surface area contributed by atoms with E-state index in [-0.39, 0.29) is 0 Å². The summed E-state index contributed by atoms with van der Waals surface area (Å²) in [6.07, 6.45) is 4.78. The Kier molecular flexibility index (Phi) is 7.13. The van der Waals surface area contributed by atoms with Gasteiger partial charge in [-0.05, 0) is 30.7 Å². The maximum Gasteiger partial charge on any atom is 0.0746 e. The van der Waals surface area contributed by atoms with Crippen LogP contribution in [0.4, 0.5) is 5.69 Å². The van der Waals surface area contributed by atoms with E-state index in [4.69, 9.17) is 4.84 Å². The highest BCUT2D eigenvalue weighted by Gasteiger charge is 1.91. The molecule has 0 aliphatic carbocycles. The summed E-state index contributed by atoms with van der Waals surface area (Å²) in [5.41, 5.74) is 3.93. The third kappa shape index (κ3) is 6.42. The molecule has 0 aliphatic heterocycles. The van der Waals surface area contributed by atoms with Crippen LogP contribution in [0.25, 0.3) is 0 Å². The van der Waals surface area contributed by atoms with Crippen molar-refractivity contribution in [1.82, 2.24) is 0 Å². The van der Waals surface area contributed by atoms with E-state index in [2.05, 4.69) is 18.1 Å². The number of unbranched alkanes of at least 4 members (excludes halogenated alkanes) is 3. The van der Waals surface area contributed by atoms with E-state index in [1.165, 1.54) is 19.3 Å². The highest BCUT2D eigenvalue weighted by molar-refractivity contribution is 7.80. The van der Waals surface area contributed by atoms with Gasteiger partial charge in [-0.2, -0.15) is 12.6 Å². The van der Waals surface area contributed by atoms with Crippen molar-refractivity contribution in [3.8, 4) is 0 Å². The van der Waals surface area contributed by atoms with E-state index in [0.29, 0.717) is 0 Å². The number of anilines is 1. The van der Waals surface area contributed by atoms with Crippen LogP contribution in [0.2, 0.25) is 0 Å². The molecule has 0 saturated carbocycles. The SMILES string of the molecule is SCCCCCCONc1ccccc1. The number of para-hydroxylation sites is 1. The van der Waals surface area contributed by atoms with Crippen molar-refractivity contribution in [3.05, 3.63) is 30.3 Å². The van der Waals surface area contributed by atoms with Crippen LogP contribution in [0.3, 0.4) is 0 Å². The molecule has 3 heteroatoms. The Labute approximate surface area is 97.4 Å². The summed E-state index contributed by atoms with van der Waals surface area (Å²) < 4.78 is 0. The van der Waals surface area contributed by atoms with Crippen LogP contribution in [0.1, 0.15) is 25.7 Å². The van der Waals surface area contributed by atoms with Crippen LogP contribution in [-0.2, 0) is 4.84 Å². The van der Waals surface area contributed by atoms with E-state index in [0.717, 1.165) is 24.5 Å². The standard InChI is InChI=1S/C12H19NOS/c15-11-7-2-1-6-10-14-13-12-8-4-3-5-9-12/h3-5,8-9,13,15H,1-2,6-7,10-11H2. The lowest BCUT2D eigenvalue weighted by molar-refractivity contribution is 0.187. The fourth-order valence-electron chi connectivity index (χ4n) is 1.28. The molecular formula is C12H19NOS. The van der Waals surface area contributed by atoms with Crippen LogP contribution in [-0.4, -0.2) is 12.4 Å². The van der Waals surface area contributed by atoms with Crippen LogP contribution >= 0.6 is 12.6 Å². The lowest BCUT2D eigenvalue weighted by Gasteiger charge is -2.06. The fourth-order valence-corrected chi connectivity index (χ4v) is 1.50. The number of hydrogen-bond donors (Lipinski definition) is 2. The second kappa shape index (κ2) is 8.62. The first-order chi connectivity index (χ1) is 7.43. The quantitative estimate of drug-likeness (QED) is 0.401. The number of hydrogen-bond acceptors (Lipinski definition) is 3. The first-order valence-corrected chi connectivity index (χ1v) is 6.10. The first kappa shape index (κ1) is 12.4.